The van der Waals surface area contributed by atoms with E-state index in [0.29, 0.717) is 39.1 Å². The molecule has 0 unspecified atom stereocenters. The Morgan fingerprint density at radius 1 is 1.19 bits per heavy atom. The van der Waals surface area contributed by atoms with Crippen molar-refractivity contribution >= 4 is 5.91 Å². The average Bonchev–Trinajstić information content (AvgIpc) is 3.21. The largest absolute Gasteiger partial charge is 0.492 e. The van der Waals surface area contributed by atoms with Crippen molar-refractivity contribution in [3.05, 3.63) is 29.8 Å². The Hall–Kier alpha value is -1.63. The van der Waals surface area contributed by atoms with Crippen LogP contribution in [0.2, 0.25) is 0 Å². The molecule has 1 amide bonds. The van der Waals surface area contributed by atoms with Gasteiger partial charge in [0, 0.05) is 32.8 Å². The maximum absolute atomic E-state index is 12.6. The normalized spacial score (nSPS) is 20.0. The summed E-state index contributed by atoms with van der Waals surface area (Å²) in [7, 11) is 0. The van der Waals surface area contributed by atoms with Gasteiger partial charge in [0.25, 0.3) is 0 Å². The van der Waals surface area contributed by atoms with Gasteiger partial charge in [-0.2, -0.15) is 0 Å². The van der Waals surface area contributed by atoms with Crippen LogP contribution in [-0.2, 0) is 16.1 Å². The number of ether oxygens (including phenoxy) is 2. The maximum atomic E-state index is 12.6. The number of likely N-dealkylation sites (tertiary alicyclic amines) is 1. The lowest BCUT2D eigenvalue weighted by Gasteiger charge is -2.34. The summed E-state index contributed by atoms with van der Waals surface area (Å²) in [6.07, 6.45) is 4.00. The molecule has 0 radical (unpaired) electrons. The Bertz CT molecular complexity index is 564. The third-order valence-corrected chi connectivity index (χ3v) is 5.57. The van der Waals surface area contributed by atoms with Gasteiger partial charge < -0.3 is 20.5 Å². The lowest BCUT2D eigenvalue weighted by Crippen LogP contribution is -2.48. The summed E-state index contributed by atoms with van der Waals surface area (Å²) in [4.78, 5) is 15.0. The summed E-state index contributed by atoms with van der Waals surface area (Å²) < 4.78 is 11.2. The van der Waals surface area contributed by atoms with E-state index in [0.717, 1.165) is 24.5 Å². The average molecular weight is 361 g/mol. The topological polar surface area (TPSA) is 76.8 Å². The lowest BCUT2D eigenvalue weighted by molar-refractivity contribution is -0.136. The highest BCUT2D eigenvalue weighted by Gasteiger charge is 2.38. The van der Waals surface area contributed by atoms with Gasteiger partial charge in [0.15, 0.2) is 0 Å². The van der Waals surface area contributed by atoms with Crippen LogP contribution in [0.4, 0.5) is 0 Å². The van der Waals surface area contributed by atoms with Crippen molar-refractivity contribution in [3.63, 3.8) is 0 Å². The fourth-order valence-electron chi connectivity index (χ4n) is 3.66. The molecule has 2 heterocycles. The van der Waals surface area contributed by atoms with E-state index in [-0.39, 0.29) is 5.91 Å². The van der Waals surface area contributed by atoms with Crippen LogP contribution in [0.5, 0.6) is 5.75 Å². The molecule has 0 aliphatic carbocycles. The number of amides is 1. The highest BCUT2D eigenvalue weighted by molar-refractivity contribution is 5.83. The number of nitrogens with one attached hydrogen (secondary N) is 1. The summed E-state index contributed by atoms with van der Waals surface area (Å²) >= 11 is 0. The molecular weight excluding hydrogens is 330 g/mol. The quantitative estimate of drug-likeness (QED) is 0.734. The molecule has 1 aromatic rings. The van der Waals surface area contributed by atoms with Crippen LogP contribution in [0.25, 0.3) is 0 Å². The van der Waals surface area contributed by atoms with E-state index in [1.54, 1.807) is 0 Å². The zero-order valence-electron chi connectivity index (χ0n) is 15.5. The van der Waals surface area contributed by atoms with Crippen LogP contribution in [-0.4, -0.2) is 56.8 Å². The van der Waals surface area contributed by atoms with Crippen molar-refractivity contribution in [2.24, 2.45) is 11.1 Å². The number of carbonyl (C=O) groups excluding carboxylic acids is 1. The van der Waals surface area contributed by atoms with Crippen LogP contribution in [0.1, 0.15) is 31.2 Å². The van der Waals surface area contributed by atoms with Gasteiger partial charge in [-0.1, -0.05) is 12.1 Å². The number of benzene rings is 1. The molecule has 6 heteroatoms. The Morgan fingerprint density at radius 2 is 1.88 bits per heavy atom. The fraction of sp³-hybridized carbons (Fsp3) is 0.650. The number of carbonyl (C=O) groups is 1. The van der Waals surface area contributed by atoms with Crippen LogP contribution < -0.4 is 15.8 Å². The molecule has 3 rings (SSSR count). The van der Waals surface area contributed by atoms with Gasteiger partial charge in [0.2, 0.25) is 5.91 Å². The van der Waals surface area contributed by atoms with Gasteiger partial charge >= 0.3 is 0 Å². The highest BCUT2D eigenvalue weighted by atomic mass is 16.5. The summed E-state index contributed by atoms with van der Waals surface area (Å²) in [5, 5.41) is 3.04. The van der Waals surface area contributed by atoms with Gasteiger partial charge in [-0.15, -0.1) is 0 Å². The predicted molar refractivity (Wildman–Crippen MR) is 101 cm³/mol. The maximum Gasteiger partial charge on any atom is 0.227 e. The minimum absolute atomic E-state index is 0.0363. The van der Waals surface area contributed by atoms with Crippen molar-refractivity contribution < 1.29 is 14.3 Å². The molecular formula is C20H31N3O3. The van der Waals surface area contributed by atoms with E-state index in [1.165, 1.54) is 25.9 Å². The molecule has 0 saturated carbocycles. The van der Waals surface area contributed by atoms with Gasteiger partial charge in [-0.25, -0.2) is 0 Å². The van der Waals surface area contributed by atoms with Gasteiger partial charge in [-0.3, -0.25) is 9.69 Å². The number of hydrogen-bond acceptors (Lipinski definition) is 5. The molecule has 2 saturated heterocycles. The molecule has 2 fully saturated rings. The van der Waals surface area contributed by atoms with Gasteiger partial charge in [-0.05, 0) is 56.5 Å². The molecule has 0 atom stereocenters. The van der Waals surface area contributed by atoms with Crippen molar-refractivity contribution in [1.82, 2.24) is 10.2 Å². The van der Waals surface area contributed by atoms with Crippen molar-refractivity contribution in [2.75, 3.05) is 46.0 Å². The predicted octanol–water partition coefficient (Wildman–Crippen LogP) is 1.53. The third-order valence-electron chi connectivity index (χ3n) is 5.57. The SMILES string of the molecule is NCC1(C(=O)NCc2ccc(OCCN3CCCC3)cc2)CCOCC1. The minimum atomic E-state index is -0.475. The molecule has 2 aliphatic rings. The van der Waals surface area contributed by atoms with Gasteiger partial charge in [0.1, 0.15) is 12.4 Å². The van der Waals surface area contributed by atoms with Crippen molar-refractivity contribution in [1.29, 1.82) is 0 Å². The second kappa shape index (κ2) is 9.35. The van der Waals surface area contributed by atoms with E-state index in [2.05, 4.69) is 10.2 Å². The monoisotopic (exact) mass is 361 g/mol. The van der Waals surface area contributed by atoms with E-state index in [1.807, 2.05) is 24.3 Å². The lowest BCUT2D eigenvalue weighted by atomic mass is 9.79. The molecule has 2 aliphatic heterocycles. The van der Waals surface area contributed by atoms with E-state index in [9.17, 15) is 4.79 Å². The number of rotatable bonds is 8. The molecule has 0 bridgehead atoms. The molecule has 3 N–H and O–H groups in total. The van der Waals surface area contributed by atoms with Crippen LogP contribution in [0, 0.1) is 5.41 Å². The Labute approximate surface area is 156 Å². The van der Waals surface area contributed by atoms with Crippen molar-refractivity contribution in [3.8, 4) is 5.75 Å². The van der Waals surface area contributed by atoms with Crippen LogP contribution in [0.3, 0.4) is 0 Å². The summed E-state index contributed by atoms with van der Waals surface area (Å²) in [5.41, 5.74) is 6.47. The third kappa shape index (κ3) is 4.96. The zero-order valence-corrected chi connectivity index (χ0v) is 15.5. The minimum Gasteiger partial charge on any atom is -0.492 e. The number of nitrogens with two attached hydrogens (primary N) is 1. The molecule has 144 valence electrons. The summed E-state index contributed by atoms with van der Waals surface area (Å²) in [6, 6.07) is 7.95. The molecule has 0 spiro atoms. The summed E-state index contributed by atoms with van der Waals surface area (Å²) in [6.45, 7) is 6.18. The molecule has 6 nitrogen and oxygen atoms in total. The smallest absolute Gasteiger partial charge is 0.227 e. The summed E-state index contributed by atoms with van der Waals surface area (Å²) in [5.74, 6) is 0.913. The second-order valence-electron chi connectivity index (χ2n) is 7.32. The zero-order chi connectivity index (χ0) is 18.2. The second-order valence-corrected chi connectivity index (χ2v) is 7.32. The first-order valence-corrected chi connectivity index (χ1v) is 9.72. The molecule has 0 aromatic heterocycles. The van der Waals surface area contributed by atoms with E-state index >= 15 is 0 Å². The first-order chi connectivity index (χ1) is 12.7. The Morgan fingerprint density at radius 3 is 2.54 bits per heavy atom. The fourth-order valence-corrected chi connectivity index (χ4v) is 3.66. The standard InChI is InChI=1S/C20H31N3O3/c21-16-20(7-12-25-13-8-20)19(24)22-15-17-3-5-18(6-4-17)26-14-11-23-9-1-2-10-23/h3-6H,1-2,7-16,21H2,(H,22,24). The van der Waals surface area contributed by atoms with Gasteiger partial charge in [0.05, 0.1) is 5.41 Å². The first kappa shape index (κ1) is 19.1. The Balaban J connectivity index is 1.42. The highest BCUT2D eigenvalue weighted by Crippen LogP contribution is 2.29. The van der Waals surface area contributed by atoms with E-state index < -0.39 is 5.41 Å². The molecule has 26 heavy (non-hydrogen) atoms. The van der Waals surface area contributed by atoms with Crippen LogP contribution in [0.15, 0.2) is 24.3 Å². The first-order valence-electron chi connectivity index (χ1n) is 9.72. The van der Waals surface area contributed by atoms with E-state index in [4.69, 9.17) is 15.2 Å². The Kier molecular flexibility index (Phi) is 6.88. The number of hydrogen-bond donors (Lipinski definition) is 2. The van der Waals surface area contributed by atoms with Crippen LogP contribution >= 0.6 is 0 Å². The van der Waals surface area contributed by atoms with Crippen molar-refractivity contribution in [2.45, 2.75) is 32.2 Å². The molecule has 1 aromatic carbocycles. The number of nitrogens with zero attached hydrogens (tertiary/aromatic N) is 1.